The van der Waals surface area contributed by atoms with Crippen LogP contribution in [0, 0.1) is 0 Å². The average Bonchev–Trinajstić information content (AvgIpc) is 0.687. The lowest BCUT2D eigenvalue weighted by atomic mass is 9.33. The van der Waals surface area contributed by atoms with E-state index in [1.807, 2.05) is 0 Å². The van der Waals surface area contributed by atoms with Crippen molar-refractivity contribution in [3.05, 3.63) is 345 Å². The topological polar surface area (TPSA) is 6.48 Å². The highest BCUT2D eigenvalue weighted by atomic mass is 35.5. The maximum absolute atomic E-state index is 7.99. The van der Waals surface area contributed by atoms with Gasteiger partial charge in [-0.05, 0) is 171 Å². The zero-order valence-electron chi connectivity index (χ0n) is 53.2. The molecule has 21 rings (SSSR count). The Hall–Kier alpha value is -12.3. The van der Waals surface area contributed by atoms with Crippen molar-refractivity contribution < 1.29 is 0 Å². The molecule has 0 spiro atoms. The lowest BCUT2D eigenvalue weighted by Gasteiger charge is -2.46. The minimum absolute atomic E-state index is 0.295. The Balaban J connectivity index is 0.900. The Kier molecular flexibility index (Phi) is 12.0. The molecule has 0 aliphatic carbocycles. The first-order chi connectivity index (χ1) is 48.6. The minimum atomic E-state index is -0.295. The smallest absolute Gasteiger partial charge is 0.252 e. The van der Waals surface area contributed by atoms with Crippen molar-refractivity contribution in [2.45, 2.75) is 0 Å². The van der Waals surface area contributed by atoms with Crippen LogP contribution in [0.4, 0.5) is 34.1 Å². The molecule has 452 valence electrons. The predicted molar refractivity (Wildman–Crippen MR) is 421 cm³/mol. The third kappa shape index (κ3) is 8.00. The van der Waals surface area contributed by atoms with Gasteiger partial charge in [-0.2, -0.15) is 0 Å². The van der Waals surface area contributed by atoms with Crippen molar-refractivity contribution in [1.29, 1.82) is 0 Å². The zero-order valence-corrected chi connectivity index (χ0v) is 53.9. The van der Waals surface area contributed by atoms with Gasteiger partial charge >= 0.3 is 0 Å². The van der Waals surface area contributed by atoms with Crippen molar-refractivity contribution in [2.75, 3.05) is 9.80 Å². The molecule has 0 aromatic heterocycles. The molecule has 19 aromatic rings. The van der Waals surface area contributed by atoms with Gasteiger partial charge in [-0.25, -0.2) is 0 Å². The second kappa shape index (κ2) is 21.4. The fourth-order valence-corrected chi connectivity index (χ4v) is 17.8. The Bertz CT molecular complexity index is 5900. The van der Waals surface area contributed by atoms with Crippen molar-refractivity contribution >= 4 is 155 Å². The lowest BCUT2D eigenvalue weighted by molar-refractivity contribution is 1.25. The van der Waals surface area contributed by atoms with Crippen LogP contribution in [0.2, 0.25) is 5.02 Å². The van der Waals surface area contributed by atoms with E-state index in [2.05, 4.69) is 350 Å². The van der Waals surface area contributed by atoms with Gasteiger partial charge in [-0.1, -0.05) is 327 Å². The van der Waals surface area contributed by atoms with Crippen LogP contribution in [0.5, 0.6) is 0 Å². The van der Waals surface area contributed by atoms with Crippen LogP contribution < -0.4 is 26.2 Å². The molecule has 0 radical (unpaired) electrons. The van der Waals surface area contributed by atoms with Gasteiger partial charge < -0.3 is 9.80 Å². The monoisotopic (exact) mass is 1260 g/mol. The van der Waals surface area contributed by atoms with Crippen LogP contribution in [-0.2, 0) is 0 Å². The van der Waals surface area contributed by atoms with E-state index in [0.29, 0.717) is 5.02 Å². The average molecular weight is 1260 g/mol. The number of rotatable bonds is 8. The predicted octanol–water partition coefficient (Wildman–Crippen LogP) is 24.5. The summed E-state index contributed by atoms with van der Waals surface area (Å²) in [6.45, 7) is -0.295. The first kappa shape index (κ1) is 55.1. The molecule has 0 unspecified atom stereocenters. The molecule has 2 aliphatic rings. The van der Waals surface area contributed by atoms with E-state index in [-0.39, 0.29) is 6.71 Å². The Labute approximate surface area is 572 Å². The summed E-state index contributed by atoms with van der Waals surface area (Å²) in [5, 5.41) is 21.1. The van der Waals surface area contributed by atoms with Gasteiger partial charge in [0.2, 0.25) is 0 Å². The molecule has 0 atom stereocenters. The van der Waals surface area contributed by atoms with Crippen LogP contribution in [-0.4, -0.2) is 6.71 Å². The lowest BCUT2D eigenvalue weighted by Crippen LogP contribution is -2.61. The Morgan fingerprint density at radius 1 is 0.214 bits per heavy atom. The van der Waals surface area contributed by atoms with Crippen LogP contribution in [0.25, 0.3) is 153 Å². The Morgan fingerprint density at radius 3 is 0.878 bits per heavy atom. The highest BCUT2D eigenvalue weighted by Gasteiger charge is 2.46. The summed E-state index contributed by atoms with van der Waals surface area (Å²) in [5.41, 5.74) is 23.7. The first-order valence-corrected chi connectivity index (χ1v) is 34.3. The molecule has 0 bridgehead atoms. The van der Waals surface area contributed by atoms with Crippen molar-refractivity contribution in [3.63, 3.8) is 0 Å². The van der Waals surface area contributed by atoms with E-state index in [1.165, 1.54) is 114 Å². The number of hydrogen-bond donors (Lipinski definition) is 0. The molecular formula is C94H56BClN2. The maximum Gasteiger partial charge on any atom is 0.252 e. The molecular weight excluding hydrogens is 1200 g/mol. The number of halogens is 1. The van der Waals surface area contributed by atoms with Crippen molar-refractivity contribution in [2.24, 2.45) is 0 Å². The van der Waals surface area contributed by atoms with E-state index >= 15 is 0 Å². The quantitative estimate of drug-likeness (QED) is 0.0850. The van der Waals surface area contributed by atoms with E-state index in [9.17, 15) is 0 Å². The van der Waals surface area contributed by atoms with Gasteiger partial charge in [-0.15, -0.1) is 0 Å². The van der Waals surface area contributed by atoms with Crippen LogP contribution in [0.15, 0.2) is 340 Å². The highest BCUT2D eigenvalue weighted by Crippen LogP contribution is 2.55. The summed E-state index contributed by atoms with van der Waals surface area (Å²) >= 11 is 7.99. The molecule has 4 heteroatoms. The van der Waals surface area contributed by atoms with E-state index in [4.69, 9.17) is 11.6 Å². The molecule has 0 amide bonds. The molecule has 0 saturated carbocycles. The molecule has 2 heterocycles. The summed E-state index contributed by atoms with van der Waals surface area (Å²) in [4.78, 5) is 5.16. The molecule has 0 N–H and O–H groups in total. The number of para-hydroxylation sites is 2. The van der Waals surface area contributed by atoms with Crippen molar-refractivity contribution in [3.8, 4) is 66.8 Å². The standard InChI is InChI=1S/C94H56BClN2/c96-65-55-86-92-87(56-65)98(94-70(59-25-9-3-10-26-59)35-18-36-71(94)60-27-11-4-12-28-60)85-52-46-64(67-48-50-81-77-40-16-32-62-30-14-38-75(89(62)77)79-44-20-42-73(67)91(79)81)54-83(85)95(92)82-53-63(66-47-49-80-76-39-15-31-61-29-13-37-74(88(61)76)78-43-19-41-72(66)90(78)80)45-51-84(82)97(86)93-68(57-21-5-1-6-22-57)33-17-34-69(93)58-23-7-2-8-24-58/h1-56H. The number of hydrogen-bond acceptors (Lipinski definition) is 2. The summed E-state index contributed by atoms with van der Waals surface area (Å²) in [7, 11) is 0. The van der Waals surface area contributed by atoms with Crippen LogP contribution >= 0.6 is 11.6 Å². The zero-order chi connectivity index (χ0) is 64.3. The molecule has 2 nitrogen and oxygen atoms in total. The number of fused-ring (bicyclic) bond motifs is 8. The van der Waals surface area contributed by atoms with Crippen molar-refractivity contribution in [1.82, 2.24) is 0 Å². The van der Waals surface area contributed by atoms with E-state index in [1.54, 1.807) is 0 Å². The van der Waals surface area contributed by atoms with E-state index < -0.39 is 0 Å². The normalized spacial score (nSPS) is 12.7. The van der Waals surface area contributed by atoms with Crippen LogP contribution in [0.1, 0.15) is 0 Å². The number of nitrogens with zero attached hydrogens (tertiary/aromatic N) is 2. The fourth-order valence-electron chi connectivity index (χ4n) is 17.6. The minimum Gasteiger partial charge on any atom is -0.310 e. The summed E-state index contributed by atoms with van der Waals surface area (Å²) in [6, 6.07) is 127. The third-order valence-electron chi connectivity index (χ3n) is 21.6. The second-order valence-corrected chi connectivity index (χ2v) is 27.0. The maximum atomic E-state index is 7.99. The van der Waals surface area contributed by atoms with Gasteiger partial charge in [0.05, 0.1) is 11.4 Å². The summed E-state index contributed by atoms with van der Waals surface area (Å²) < 4.78 is 0. The second-order valence-electron chi connectivity index (χ2n) is 26.6. The van der Waals surface area contributed by atoms with E-state index in [0.717, 1.165) is 89.8 Å². The van der Waals surface area contributed by atoms with Gasteiger partial charge in [0.1, 0.15) is 0 Å². The first-order valence-electron chi connectivity index (χ1n) is 33.9. The fraction of sp³-hybridized carbons (Fsp3) is 0. The highest BCUT2D eigenvalue weighted by molar-refractivity contribution is 7.00. The summed E-state index contributed by atoms with van der Waals surface area (Å²) in [5.74, 6) is 0. The van der Waals surface area contributed by atoms with Crippen LogP contribution in [0.3, 0.4) is 0 Å². The largest absolute Gasteiger partial charge is 0.310 e. The van der Waals surface area contributed by atoms with Gasteiger partial charge in [0, 0.05) is 50.0 Å². The van der Waals surface area contributed by atoms with Gasteiger partial charge in [-0.3, -0.25) is 0 Å². The third-order valence-corrected chi connectivity index (χ3v) is 21.8. The molecule has 0 fully saturated rings. The van der Waals surface area contributed by atoms with Gasteiger partial charge in [0.25, 0.3) is 6.71 Å². The SMILES string of the molecule is Clc1cc2c3c(c1)N(c1c(-c4ccccc4)cccc1-c1ccccc1)c1ccc(-c4ccc5c6cccc7cccc(c8cccc4c85)c76)cc1B3c1cc(-c3ccc4c5cccc6cccc(c7cccc3c74)c65)ccc1N2c1c(-c2ccccc2)cccc1-c1ccccc1. The number of benzene rings is 19. The molecule has 98 heavy (non-hydrogen) atoms. The Morgan fingerprint density at radius 2 is 0.520 bits per heavy atom. The molecule has 2 aliphatic heterocycles. The molecule has 0 saturated heterocycles. The van der Waals surface area contributed by atoms with Gasteiger partial charge in [0.15, 0.2) is 0 Å². The number of anilines is 6. The summed E-state index contributed by atoms with van der Waals surface area (Å²) in [6.07, 6.45) is 0. The molecule has 19 aromatic carbocycles.